The van der Waals surface area contributed by atoms with Crippen LogP contribution in [0.3, 0.4) is 0 Å². The molecule has 2 fully saturated rings. The molecule has 0 aliphatic carbocycles. The maximum atomic E-state index is 12.8. The standard InChI is InChI=1S/C21H20F3N7O2/c22-21(23,24)19-25-7-17(8-26-19)33-16-3-1-13(2-4-16)15-10-31(11-15)20(32)30-6-5-14(9-30)18-27-12-28-29-18/h1-4,7-8,12,14-15H,5-6,9-11H2,(H,27,28,29)/t14-/m0/s1. The Bertz CT molecular complexity index is 1100. The van der Waals surface area contributed by atoms with Crippen molar-refractivity contribution in [3.8, 4) is 11.5 Å². The van der Waals surface area contributed by atoms with E-state index in [1.165, 1.54) is 0 Å². The fourth-order valence-corrected chi connectivity index (χ4v) is 4.08. The van der Waals surface area contributed by atoms with Crippen LogP contribution in [-0.4, -0.2) is 67.2 Å². The number of benzene rings is 1. The summed E-state index contributed by atoms with van der Waals surface area (Å²) in [6, 6.07) is 7.29. The fraction of sp³-hybridized carbons (Fsp3) is 0.381. The minimum atomic E-state index is -4.59. The normalized spacial score (nSPS) is 18.9. The molecule has 2 amide bonds. The Hall–Kier alpha value is -3.70. The first-order valence-electron chi connectivity index (χ1n) is 10.4. The Balaban J connectivity index is 1.12. The van der Waals surface area contributed by atoms with E-state index in [-0.39, 0.29) is 23.6 Å². The molecule has 0 spiro atoms. The first kappa shape index (κ1) is 21.2. The average molecular weight is 459 g/mol. The van der Waals surface area contributed by atoms with E-state index in [9.17, 15) is 18.0 Å². The van der Waals surface area contributed by atoms with Crippen molar-refractivity contribution in [3.05, 3.63) is 60.2 Å². The lowest BCUT2D eigenvalue weighted by Gasteiger charge is -2.41. The summed E-state index contributed by atoms with van der Waals surface area (Å²) in [5.74, 6) is 0.602. The molecule has 1 aromatic carbocycles. The van der Waals surface area contributed by atoms with E-state index in [1.54, 1.807) is 18.5 Å². The number of nitrogens with one attached hydrogen (secondary N) is 1. The minimum Gasteiger partial charge on any atom is -0.454 e. The molecular weight excluding hydrogens is 439 g/mol. The molecule has 2 saturated heterocycles. The molecule has 4 heterocycles. The molecule has 2 aliphatic heterocycles. The first-order chi connectivity index (χ1) is 15.9. The third-order valence-corrected chi connectivity index (χ3v) is 5.90. The number of urea groups is 1. The van der Waals surface area contributed by atoms with Gasteiger partial charge >= 0.3 is 12.2 Å². The second-order valence-corrected chi connectivity index (χ2v) is 8.10. The van der Waals surface area contributed by atoms with Gasteiger partial charge in [0.2, 0.25) is 5.82 Å². The zero-order chi connectivity index (χ0) is 23.0. The number of aromatic amines is 1. The maximum absolute atomic E-state index is 12.8. The molecule has 172 valence electrons. The highest BCUT2D eigenvalue weighted by molar-refractivity contribution is 5.76. The third kappa shape index (κ3) is 4.45. The lowest BCUT2D eigenvalue weighted by Crippen LogP contribution is -2.53. The summed E-state index contributed by atoms with van der Waals surface area (Å²) in [6.07, 6.45) is -0.197. The number of alkyl halides is 3. The molecule has 33 heavy (non-hydrogen) atoms. The molecule has 0 radical (unpaired) electrons. The number of nitrogens with zero attached hydrogens (tertiary/aromatic N) is 6. The van der Waals surface area contributed by atoms with E-state index < -0.39 is 12.0 Å². The van der Waals surface area contributed by atoms with E-state index >= 15 is 0 Å². The number of amides is 2. The summed E-state index contributed by atoms with van der Waals surface area (Å²) >= 11 is 0. The summed E-state index contributed by atoms with van der Waals surface area (Å²) in [7, 11) is 0. The van der Waals surface area contributed by atoms with Crippen LogP contribution in [0.1, 0.15) is 35.5 Å². The molecule has 1 atom stereocenters. The van der Waals surface area contributed by atoms with E-state index in [0.29, 0.717) is 31.9 Å². The predicted molar refractivity (Wildman–Crippen MR) is 109 cm³/mol. The van der Waals surface area contributed by atoms with Gasteiger partial charge in [0.1, 0.15) is 17.9 Å². The van der Waals surface area contributed by atoms with Gasteiger partial charge < -0.3 is 19.5 Å². The van der Waals surface area contributed by atoms with Crippen molar-refractivity contribution in [2.24, 2.45) is 0 Å². The molecular formula is C21H20F3N7O2. The van der Waals surface area contributed by atoms with Crippen molar-refractivity contribution in [2.75, 3.05) is 26.2 Å². The second kappa shape index (κ2) is 8.34. The number of H-pyrrole nitrogens is 1. The van der Waals surface area contributed by atoms with E-state index in [1.807, 2.05) is 21.9 Å². The molecule has 1 N–H and O–H groups in total. The number of likely N-dealkylation sites (tertiary alicyclic amines) is 2. The predicted octanol–water partition coefficient (Wildman–Crippen LogP) is 3.41. The number of carbonyl (C=O) groups excluding carboxylic acids is 1. The zero-order valence-electron chi connectivity index (χ0n) is 17.4. The lowest BCUT2D eigenvalue weighted by molar-refractivity contribution is -0.145. The van der Waals surface area contributed by atoms with Crippen molar-refractivity contribution in [1.29, 1.82) is 0 Å². The topological polar surface area (TPSA) is 100 Å². The number of hydrogen-bond donors (Lipinski definition) is 1. The first-order valence-corrected chi connectivity index (χ1v) is 10.4. The van der Waals surface area contributed by atoms with Crippen LogP contribution in [0, 0.1) is 0 Å². The fourth-order valence-electron chi connectivity index (χ4n) is 4.08. The van der Waals surface area contributed by atoms with Crippen LogP contribution >= 0.6 is 0 Å². The van der Waals surface area contributed by atoms with Crippen LogP contribution in [0.2, 0.25) is 0 Å². The summed E-state index contributed by atoms with van der Waals surface area (Å²) in [6.45, 7) is 2.60. The Labute approximate surface area is 186 Å². The van der Waals surface area contributed by atoms with E-state index in [0.717, 1.165) is 30.2 Å². The molecule has 12 heteroatoms. The average Bonchev–Trinajstić information content (AvgIpc) is 3.46. The number of rotatable bonds is 4. The Kier molecular flexibility index (Phi) is 5.35. The minimum absolute atomic E-state index is 0.0375. The molecule has 0 bridgehead atoms. The second-order valence-electron chi connectivity index (χ2n) is 8.10. The Morgan fingerprint density at radius 2 is 1.70 bits per heavy atom. The van der Waals surface area contributed by atoms with Crippen molar-refractivity contribution in [3.63, 3.8) is 0 Å². The number of halogens is 3. The van der Waals surface area contributed by atoms with Crippen LogP contribution in [0.5, 0.6) is 11.5 Å². The van der Waals surface area contributed by atoms with Gasteiger partial charge in [-0.25, -0.2) is 14.8 Å². The Morgan fingerprint density at radius 3 is 2.33 bits per heavy atom. The Morgan fingerprint density at radius 1 is 1.00 bits per heavy atom. The molecule has 5 rings (SSSR count). The highest BCUT2D eigenvalue weighted by Gasteiger charge is 2.37. The molecule has 0 unspecified atom stereocenters. The molecule has 9 nitrogen and oxygen atoms in total. The van der Waals surface area contributed by atoms with Crippen LogP contribution in [0.15, 0.2) is 43.0 Å². The van der Waals surface area contributed by atoms with Gasteiger partial charge in [-0.15, -0.1) is 10.2 Å². The van der Waals surface area contributed by atoms with Crippen LogP contribution in [0.25, 0.3) is 0 Å². The number of carbonyl (C=O) groups is 1. The van der Waals surface area contributed by atoms with Gasteiger partial charge in [0.05, 0.1) is 12.4 Å². The molecule has 3 aromatic rings. The van der Waals surface area contributed by atoms with Crippen LogP contribution in [-0.2, 0) is 6.18 Å². The van der Waals surface area contributed by atoms with Crippen molar-refractivity contribution in [2.45, 2.75) is 24.4 Å². The zero-order valence-corrected chi connectivity index (χ0v) is 17.4. The van der Waals surface area contributed by atoms with Crippen molar-refractivity contribution >= 4 is 6.03 Å². The summed E-state index contributed by atoms with van der Waals surface area (Å²) in [5.41, 5.74) is 1.07. The molecule has 0 saturated carbocycles. The number of aromatic nitrogens is 5. The maximum Gasteiger partial charge on any atom is 0.451 e. The van der Waals surface area contributed by atoms with Crippen LogP contribution < -0.4 is 4.74 Å². The summed E-state index contributed by atoms with van der Waals surface area (Å²) in [4.78, 5) is 26.0. The van der Waals surface area contributed by atoms with Gasteiger partial charge in [-0.1, -0.05) is 12.1 Å². The largest absolute Gasteiger partial charge is 0.454 e. The SMILES string of the molecule is O=C(N1CC(c2ccc(Oc3cnc(C(F)(F)F)nc3)cc2)C1)N1CC[C@H](c2nnc[nH]2)C1. The van der Waals surface area contributed by atoms with Gasteiger partial charge in [-0.3, -0.25) is 0 Å². The number of hydrogen-bond acceptors (Lipinski definition) is 6. The molecule has 2 aliphatic rings. The monoisotopic (exact) mass is 459 g/mol. The number of ether oxygens (including phenoxy) is 1. The summed E-state index contributed by atoms with van der Waals surface area (Å²) in [5, 5.41) is 7.86. The highest BCUT2D eigenvalue weighted by Crippen LogP contribution is 2.32. The van der Waals surface area contributed by atoms with Gasteiger partial charge in [-0.05, 0) is 24.1 Å². The third-order valence-electron chi connectivity index (χ3n) is 5.90. The van der Waals surface area contributed by atoms with Crippen molar-refractivity contribution < 1.29 is 22.7 Å². The van der Waals surface area contributed by atoms with Gasteiger partial charge in [0.25, 0.3) is 0 Å². The molecule has 2 aromatic heterocycles. The lowest BCUT2D eigenvalue weighted by atomic mass is 9.92. The van der Waals surface area contributed by atoms with Gasteiger partial charge in [-0.2, -0.15) is 13.2 Å². The van der Waals surface area contributed by atoms with E-state index in [4.69, 9.17) is 4.74 Å². The van der Waals surface area contributed by atoms with Gasteiger partial charge in [0, 0.05) is 38.0 Å². The summed E-state index contributed by atoms with van der Waals surface area (Å²) < 4.78 is 43.2. The van der Waals surface area contributed by atoms with Crippen LogP contribution in [0.4, 0.5) is 18.0 Å². The quantitative estimate of drug-likeness (QED) is 0.642. The van der Waals surface area contributed by atoms with Crippen molar-refractivity contribution in [1.82, 2.24) is 34.9 Å². The van der Waals surface area contributed by atoms with E-state index in [2.05, 4.69) is 25.1 Å². The highest BCUT2D eigenvalue weighted by atomic mass is 19.4. The smallest absolute Gasteiger partial charge is 0.451 e. The van der Waals surface area contributed by atoms with Gasteiger partial charge in [0.15, 0.2) is 5.75 Å².